The number of hydrogen-bond acceptors (Lipinski definition) is 4. The van der Waals surface area contributed by atoms with Crippen molar-refractivity contribution in [3.8, 4) is 12.3 Å². The number of carboxylic acid groups (broad SMARTS) is 1. The Hall–Kier alpha value is -3.28. The van der Waals surface area contributed by atoms with E-state index < -0.39 is 30.2 Å². The van der Waals surface area contributed by atoms with Crippen molar-refractivity contribution in [2.75, 3.05) is 6.54 Å². The number of amides is 2. The highest BCUT2D eigenvalue weighted by Crippen LogP contribution is 2.08. The van der Waals surface area contributed by atoms with Crippen molar-refractivity contribution in [3.05, 3.63) is 23.8 Å². The summed E-state index contributed by atoms with van der Waals surface area (Å²) in [5.41, 5.74) is 6.15. The Morgan fingerprint density at radius 3 is 2.54 bits per heavy atom. The molecule has 0 spiro atoms. The summed E-state index contributed by atoms with van der Waals surface area (Å²) in [5, 5.41) is 23.7. The Morgan fingerprint density at radius 1 is 1.32 bits per heavy atom. The number of rotatable bonds is 12. The molecular weight excluding hydrogens is 362 g/mol. The van der Waals surface area contributed by atoms with Crippen LogP contribution in [0.15, 0.2) is 23.8 Å². The monoisotopic (exact) mass is 391 g/mol. The molecule has 0 aromatic heterocycles. The fourth-order valence-corrected chi connectivity index (χ4v) is 2.37. The van der Waals surface area contributed by atoms with Crippen LogP contribution in [0.5, 0.6) is 0 Å². The number of aliphatic carboxylic acids is 1. The molecule has 0 heterocycles. The number of allylic oxidation sites excluding steroid dienone is 3. The summed E-state index contributed by atoms with van der Waals surface area (Å²) >= 11 is 0. The highest BCUT2D eigenvalue weighted by atomic mass is 16.4. The Balaban J connectivity index is 4.88. The van der Waals surface area contributed by atoms with Gasteiger partial charge in [-0.2, -0.15) is 0 Å². The van der Waals surface area contributed by atoms with Gasteiger partial charge in [0.25, 0.3) is 0 Å². The van der Waals surface area contributed by atoms with E-state index in [1.807, 2.05) is 19.9 Å². The van der Waals surface area contributed by atoms with Crippen LogP contribution in [0.3, 0.4) is 0 Å². The predicted molar refractivity (Wildman–Crippen MR) is 107 cm³/mol. The number of nitrogens with one attached hydrogen (secondary N) is 4. The van der Waals surface area contributed by atoms with Crippen molar-refractivity contribution in [1.29, 1.82) is 5.41 Å². The van der Waals surface area contributed by atoms with Crippen molar-refractivity contribution in [2.24, 2.45) is 5.73 Å². The Bertz CT molecular complexity index is 664. The normalized spacial score (nSPS) is 13.2. The number of carbonyl (C=O) groups is 3. The zero-order chi connectivity index (χ0) is 21.5. The van der Waals surface area contributed by atoms with Crippen molar-refractivity contribution in [1.82, 2.24) is 16.0 Å². The van der Waals surface area contributed by atoms with E-state index in [9.17, 15) is 14.4 Å². The highest BCUT2D eigenvalue weighted by molar-refractivity contribution is 5.96. The lowest BCUT2D eigenvalue weighted by Gasteiger charge is -2.21. The number of hydrogen-bond donors (Lipinski definition) is 6. The first-order valence-electron chi connectivity index (χ1n) is 8.86. The maximum atomic E-state index is 12.6. The maximum absolute atomic E-state index is 12.6. The van der Waals surface area contributed by atoms with Gasteiger partial charge in [0.05, 0.1) is 0 Å². The van der Waals surface area contributed by atoms with Gasteiger partial charge in [-0.25, -0.2) is 0 Å². The lowest BCUT2D eigenvalue weighted by atomic mass is 10.1. The third-order valence-corrected chi connectivity index (χ3v) is 3.64. The number of terminal acetylenes is 1. The number of carboxylic acids is 1. The Kier molecular flexibility index (Phi) is 12.2. The van der Waals surface area contributed by atoms with Crippen LogP contribution in [-0.4, -0.2) is 47.5 Å². The van der Waals surface area contributed by atoms with Crippen molar-refractivity contribution < 1.29 is 19.5 Å². The zero-order valence-corrected chi connectivity index (χ0v) is 16.2. The van der Waals surface area contributed by atoms with Gasteiger partial charge in [-0.05, 0) is 44.8 Å². The molecule has 0 aliphatic heterocycles. The van der Waals surface area contributed by atoms with Crippen molar-refractivity contribution >= 4 is 23.7 Å². The minimum Gasteiger partial charge on any atom is -0.481 e. The second-order valence-electron chi connectivity index (χ2n) is 6.15. The average Bonchev–Trinajstić information content (AvgIpc) is 2.60. The molecule has 0 unspecified atom stereocenters. The molecule has 0 aromatic carbocycles. The van der Waals surface area contributed by atoms with Crippen LogP contribution in [0, 0.1) is 17.8 Å². The molecule has 7 N–H and O–H groups in total. The van der Waals surface area contributed by atoms with E-state index >= 15 is 0 Å². The smallest absolute Gasteiger partial charge is 0.312 e. The summed E-state index contributed by atoms with van der Waals surface area (Å²) in [5.74, 6) is -0.220. The van der Waals surface area contributed by atoms with E-state index in [2.05, 4.69) is 21.9 Å². The molecule has 0 radical (unpaired) electrons. The molecule has 28 heavy (non-hydrogen) atoms. The molecule has 0 aromatic rings. The minimum atomic E-state index is -1.28. The molecule has 2 amide bonds. The van der Waals surface area contributed by atoms with Crippen molar-refractivity contribution in [3.63, 3.8) is 0 Å². The first-order valence-corrected chi connectivity index (χ1v) is 8.86. The predicted octanol–water partition coefficient (Wildman–Crippen LogP) is 0.240. The van der Waals surface area contributed by atoms with Crippen molar-refractivity contribution in [2.45, 2.75) is 51.6 Å². The molecule has 0 bridgehead atoms. The standard InChI is InChI=1S/C19H29N5O4/c1-4-6-8-14(5-2)11-13(3)23-18(28)15(9-7-10-22-19(20)21)24-16(25)12-17(26)27/h1,5-6,8,13,15H,7,9-12H2,2-3H3,(H,23,28)(H,24,25)(H,26,27)(H4,20,21,22)/b8-6-,14-5+/t13-,15-/m0/s1. The molecule has 2 atom stereocenters. The molecule has 9 nitrogen and oxygen atoms in total. The minimum absolute atomic E-state index is 0.191. The van der Waals surface area contributed by atoms with Gasteiger partial charge in [0.15, 0.2) is 5.96 Å². The molecule has 0 rings (SSSR count). The Labute approximate surface area is 165 Å². The summed E-state index contributed by atoms with van der Waals surface area (Å²) in [6.07, 6.45) is 11.0. The van der Waals surface area contributed by atoms with E-state index in [1.54, 1.807) is 12.2 Å². The maximum Gasteiger partial charge on any atom is 0.312 e. The van der Waals surface area contributed by atoms with Gasteiger partial charge in [0.1, 0.15) is 12.5 Å². The fraction of sp³-hybridized carbons (Fsp3) is 0.474. The SMILES string of the molecule is C#C/C=C\C(=C/C)C[C@H](C)NC(=O)[C@H](CCCNC(=N)N)NC(=O)CC(=O)O. The third kappa shape index (κ3) is 12.1. The van der Waals surface area contributed by atoms with E-state index in [4.69, 9.17) is 22.7 Å². The first-order chi connectivity index (χ1) is 13.2. The quantitative estimate of drug-likeness (QED) is 0.0698. The second kappa shape index (κ2) is 13.9. The van der Waals surface area contributed by atoms with Gasteiger partial charge in [-0.3, -0.25) is 19.8 Å². The van der Waals surface area contributed by atoms with E-state index in [0.717, 1.165) is 5.57 Å². The van der Waals surface area contributed by atoms with Gasteiger partial charge in [-0.1, -0.05) is 18.1 Å². The zero-order valence-electron chi connectivity index (χ0n) is 16.2. The molecule has 9 heteroatoms. The molecule has 0 saturated carbocycles. The van der Waals surface area contributed by atoms with Crippen LogP contribution in [0.2, 0.25) is 0 Å². The van der Waals surface area contributed by atoms with E-state index in [-0.39, 0.29) is 18.4 Å². The summed E-state index contributed by atoms with van der Waals surface area (Å²) in [6, 6.07) is -1.12. The van der Waals surface area contributed by atoms with Crippen LogP contribution in [0.4, 0.5) is 0 Å². The number of nitrogens with two attached hydrogens (primary N) is 1. The molecule has 0 saturated heterocycles. The van der Waals surface area contributed by atoms with Gasteiger partial charge in [-0.15, -0.1) is 6.42 Å². The fourth-order valence-electron chi connectivity index (χ4n) is 2.37. The van der Waals surface area contributed by atoms with Crippen LogP contribution in [0.25, 0.3) is 0 Å². The highest BCUT2D eigenvalue weighted by Gasteiger charge is 2.22. The van der Waals surface area contributed by atoms with Gasteiger partial charge >= 0.3 is 5.97 Å². The summed E-state index contributed by atoms with van der Waals surface area (Å²) in [4.78, 5) is 35.0. The number of carbonyl (C=O) groups excluding carboxylic acids is 2. The van der Waals surface area contributed by atoms with E-state index in [1.165, 1.54) is 0 Å². The molecule has 0 aliphatic carbocycles. The summed E-state index contributed by atoms with van der Waals surface area (Å²) in [7, 11) is 0. The van der Waals surface area contributed by atoms with Gasteiger partial charge in [0, 0.05) is 12.6 Å². The van der Waals surface area contributed by atoms with Gasteiger partial charge in [0.2, 0.25) is 11.8 Å². The lowest BCUT2D eigenvalue weighted by Crippen LogP contribution is -2.49. The first kappa shape index (κ1) is 24.7. The van der Waals surface area contributed by atoms with Crippen LogP contribution < -0.4 is 21.7 Å². The molecule has 0 aliphatic rings. The number of guanidine groups is 1. The Morgan fingerprint density at radius 2 is 2.00 bits per heavy atom. The van der Waals surface area contributed by atoms with Gasteiger partial charge < -0.3 is 26.8 Å². The molecular formula is C19H29N5O4. The lowest BCUT2D eigenvalue weighted by molar-refractivity contribution is -0.141. The molecule has 0 fully saturated rings. The van der Waals surface area contributed by atoms with Crippen LogP contribution in [0.1, 0.15) is 39.5 Å². The second-order valence-corrected chi connectivity index (χ2v) is 6.15. The topological polar surface area (TPSA) is 157 Å². The average molecular weight is 391 g/mol. The third-order valence-electron chi connectivity index (χ3n) is 3.64. The largest absolute Gasteiger partial charge is 0.481 e. The summed E-state index contributed by atoms with van der Waals surface area (Å²) < 4.78 is 0. The van der Waals surface area contributed by atoms with Crippen LogP contribution in [-0.2, 0) is 14.4 Å². The summed E-state index contributed by atoms with van der Waals surface area (Å²) in [6.45, 7) is 4.03. The van der Waals surface area contributed by atoms with Crippen LogP contribution >= 0.6 is 0 Å². The molecule has 154 valence electrons. The van der Waals surface area contributed by atoms with E-state index in [0.29, 0.717) is 19.4 Å².